The van der Waals surface area contributed by atoms with Gasteiger partial charge in [-0.2, -0.15) is 0 Å². The van der Waals surface area contributed by atoms with Crippen molar-refractivity contribution in [3.05, 3.63) is 58.7 Å². The van der Waals surface area contributed by atoms with Gasteiger partial charge in [0.25, 0.3) is 0 Å². The van der Waals surface area contributed by atoms with E-state index in [1.165, 1.54) is 6.07 Å². The quantitative estimate of drug-likeness (QED) is 0.751. The fourth-order valence-corrected chi connectivity index (χ4v) is 1.17. The number of aromatic nitrogens is 1. The highest BCUT2D eigenvalue weighted by molar-refractivity contribution is 6.09. The summed E-state index contributed by atoms with van der Waals surface area (Å²) in [5.74, 6) is 0. The van der Waals surface area contributed by atoms with Crippen molar-refractivity contribution in [1.82, 2.24) is 4.98 Å². The zero-order chi connectivity index (χ0) is 11.3. The second kappa shape index (κ2) is 5.10. The summed E-state index contributed by atoms with van der Waals surface area (Å²) in [4.78, 5) is 18.0. The Morgan fingerprint density at radius 3 is 2.87 bits per heavy atom. The molecule has 0 fully saturated rings. The largest absolute Gasteiger partial charge is 0.329 e. The highest BCUT2D eigenvalue weighted by atomic mass is 16.1. The van der Waals surface area contributed by atoms with E-state index < -0.39 is 0 Å². The van der Waals surface area contributed by atoms with Crippen LogP contribution in [0.2, 0.25) is 0 Å². The zero-order valence-corrected chi connectivity index (χ0v) is 8.95. The first-order valence-electron chi connectivity index (χ1n) is 4.69. The maximum atomic E-state index is 11.1. The number of hydrogen-bond donors (Lipinski definition) is 1. The summed E-state index contributed by atoms with van der Waals surface area (Å²) in [5.41, 5.74) is 2.12. The molecule has 0 spiro atoms. The SMILES string of the molecule is C=C(C)N=C(/C=C\C)c1cc[nH]c(=O)c1. The minimum Gasteiger partial charge on any atom is -0.329 e. The lowest BCUT2D eigenvalue weighted by Crippen LogP contribution is -2.07. The van der Waals surface area contributed by atoms with E-state index in [0.717, 1.165) is 11.3 Å². The van der Waals surface area contributed by atoms with Crippen LogP contribution in [0.25, 0.3) is 0 Å². The van der Waals surface area contributed by atoms with Crippen molar-refractivity contribution in [2.75, 3.05) is 0 Å². The summed E-state index contributed by atoms with van der Waals surface area (Å²) >= 11 is 0. The van der Waals surface area contributed by atoms with E-state index in [2.05, 4.69) is 16.6 Å². The van der Waals surface area contributed by atoms with E-state index in [0.29, 0.717) is 5.70 Å². The molecule has 0 saturated heterocycles. The van der Waals surface area contributed by atoms with Crippen LogP contribution < -0.4 is 5.56 Å². The molecule has 0 bridgehead atoms. The molecule has 1 N–H and O–H groups in total. The second-order valence-corrected chi connectivity index (χ2v) is 3.17. The van der Waals surface area contributed by atoms with Gasteiger partial charge in [0.2, 0.25) is 5.56 Å². The molecule has 1 heterocycles. The number of aliphatic imine (C=N–C) groups is 1. The van der Waals surface area contributed by atoms with Crippen LogP contribution in [-0.2, 0) is 0 Å². The Hall–Kier alpha value is -1.90. The van der Waals surface area contributed by atoms with Crippen LogP contribution in [0.5, 0.6) is 0 Å². The lowest BCUT2D eigenvalue weighted by molar-refractivity contribution is 1.23. The number of nitrogens with zero attached hydrogens (tertiary/aromatic N) is 1. The van der Waals surface area contributed by atoms with Gasteiger partial charge in [0.1, 0.15) is 0 Å². The van der Waals surface area contributed by atoms with Crippen LogP contribution in [-0.4, -0.2) is 10.7 Å². The van der Waals surface area contributed by atoms with E-state index in [4.69, 9.17) is 0 Å². The Balaban J connectivity index is 3.21. The van der Waals surface area contributed by atoms with Crippen LogP contribution in [0.4, 0.5) is 0 Å². The lowest BCUT2D eigenvalue weighted by atomic mass is 10.1. The maximum Gasteiger partial charge on any atom is 0.248 e. The Bertz CT molecular complexity index is 467. The third-order valence-electron chi connectivity index (χ3n) is 1.71. The molecule has 1 aromatic rings. The molecule has 0 aliphatic carbocycles. The fourth-order valence-electron chi connectivity index (χ4n) is 1.17. The predicted octanol–water partition coefficient (Wildman–Crippen LogP) is 2.27. The Morgan fingerprint density at radius 1 is 1.60 bits per heavy atom. The number of aromatic amines is 1. The van der Waals surface area contributed by atoms with Gasteiger partial charge in [0.15, 0.2) is 0 Å². The summed E-state index contributed by atoms with van der Waals surface area (Å²) in [7, 11) is 0. The van der Waals surface area contributed by atoms with Crippen molar-refractivity contribution < 1.29 is 0 Å². The topological polar surface area (TPSA) is 45.2 Å². The molecule has 0 radical (unpaired) electrons. The number of rotatable bonds is 3. The third kappa shape index (κ3) is 3.38. The first kappa shape index (κ1) is 11.2. The fraction of sp³-hybridized carbons (Fsp3) is 0.167. The van der Waals surface area contributed by atoms with Gasteiger partial charge in [-0.05, 0) is 26.0 Å². The monoisotopic (exact) mass is 202 g/mol. The van der Waals surface area contributed by atoms with E-state index in [1.54, 1.807) is 6.20 Å². The molecule has 1 rings (SSSR count). The van der Waals surface area contributed by atoms with Crippen LogP contribution in [0.15, 0.2) is 52.5 Å². The van der Waals surface area contributed by atoms with E-state index in [9.17, 15) is 4.79 Å². The molecule has 0 aliphatic heterocycles. The first-order valence-corrected chi connectivity index (χ1v) is 4.69. The van der Waals surface area contributed by atoms with Gasteiger partial charge < -0.3 is 4.98 Å². The van der Waals surface area contributed by atoms with Crippen molar-refractivity contribution in [3.63, 3.8) is 0 Å². The van der Waals surface area contributed by atoms with E-state index in [1.807, 2.05) is 32.1 Å². The molecule has 0 unspecified atom stereocenters. The molecular weight excluding hydrogens is 188 g/mol. The summed E-state index contributed by atoms with van der Waals surface area (Å²) in [5, 5.41) is 0. The van der Waals surface area contributed by atoms with E-state index in [-0.39, 0.29) is 5.56 Å². The van der Waals surface area contributed by atoms with Crippen molar-refractivity contribution in [2.45, 2.75) is 13.8 Å². The van der Waals surface area contributed by atoms with Gasteiger partial charge in [-0.15, -0.1) is 0 Å². The number of H-pyrrole nitrogens is 1. The molecule has 3 nitrogen and oxygen atoms in total. The van der Waals surface area contributed by atoms with Crippen molar-refractivity contribution in [1.29, 1.82) is 0 Å². The lowest BCUT2D eigenvalue weighted by Gasteiger charge is -2.00. The highest BCUT2D eigenvalue weighted by Crippen LogP contribution is 2.02. The molecule has 15 heavy (non-hydrogen) atoms. The average Bonchev–Trinajstić information content (AvgIpc) is 2.16. The molecule has 0 aliphatic rings. The smallest absolute Gasteiger partial charge is 0.248 e. The highest BCUT2D eigenvalue weighted by Gasteiger charge is 1.99. The van der Waals surface area contributed by atoms with Crippen LogP contribution in [0.3, 0.4) is 0 Å². The Morgan fingerprint density at radius 2 is 2.33 bits per heavy atom. The van der Waals surface area contributed by atoms with Gasteiger partial charge in [-0.1, -0.05) is 12.7 Å². The van der Waals surface area contributed by atoms with Crippen LogP contribution >= 0.6 is 0 Å². The summed E-state index contributed by atoms with van der Waals surface area (Å²) < 4.78 is 0. The number of nitrogens with one attached hydrogen (secondary N) is 1. The summed E-state index contributed by atoms with van der Waals surface area (Å²) in [6.07, 6.45) is 5.33. The van der Waals surface area contributed by atoms with Gasteiger partial charge in [-0.25, -0.2) is 0 Å². The molecule has 0 saturated carbocycles. The molecule has 3 heteroatoms. The Labute approximate surface area is 88.9 Å². The first-order chi connectivity index (χ1) is 7.13. The number of hydrogen-bond acceptors (Lipinski definition) is 2. The third-order valence-corrected chi connectivity index (χ3v) is 1.71. The van der Waals surface area contributed by atoms with Crippen molar-refractivity contribution in [2.24, 2.45) is 4.99 Å². The van der Waals surface area contributed by atoms with Gasteiger partial charge in [-0.3, -0.25) is 9.79 Å². The summed E-state index contributed by atoms with van der Waals surface area (Å²) in [6, 6.07) is 3.32. The molecule has 0 amide bonds. The number of allylic oxidation sites excluding steroid dienone is 3. The minimum atomic E-state index is -0.133. The molecule has 78 valence electrons. The van der Waals surface area contributed by atoms with E-state index >= 15 is 0 Å². The summed E-state index contributed by atoms with van der Waals surface area (Å²) in [6.45, 7) is 7.44. The standard InChI is InChI=1S/C12H14N2O/c1-4-5-11(14-9(2)3)10-6-7-13-12(15)8-10/h4-8H,2H2,1,3H3,(H,13,15)/b5-4-,14-11?. The van der Waals surface area contributed by atoms with Crippen molar-refractivity contribution in [3.8, 4) is 0 Å². The normalized spacial score (nSPS) is 12.0. The number of pyridine rings is 1. The Kier molecular flexibility index (Phi) is 3.80. The maximum absolute atomic E-state index is 11.1. The molecule has 0 aromatic carbocycles. The minimum absolute atomic E-state index is 0.133. The molecular formula is C12H14N2O. The predicted molar refractivity (Wildman–Crippen MR) is 63.2 cm³/mol. The van der Waals surface area contributed by atoms with Gasteiger partial charge >= 0.3 is 0 Å². The van der Waals surface area contributed by atoms with Crippen LogP contribution in [0.1, 0.15) is 19.4 Å². The van der Waals surface area contributed by atoms with Crippen molar-refractivity contribution >= 4 is 5.71 Å². The van der Waals surface area contributed by atoms with Crippen LogP contribution in [0, 0.1) is 0 Å². The van der Waals surface area contributed by atoms with Gasteiger partial charge in [0.05, 0.1) is 5.71 Å². The average molecular weight is 202 g/mol. The second-order valence-electron chi connectivity index (χ2n) is 3.17. The van der Waals surface area contributed by atoms with Gasteiger partial charge in [0, 0.05) is 23.5 Å². The molecule has 0 atom stereocenters. The molecule has 1 aromatic heterocycles. The zero-order valence-electron chi connectivity index (χ0n) is 8.95.